The summed E-state index contributed by atoms with van der Waals surface area (Å²) in [6.07, 6.45) is 5.65. The largest absolute Gasteiger partial charge is 0.349 e. The molecular weight excluding hydrogens is 378 g/mol. The molecule has 2 rings (SSSR count). The third-order valence-electron chi connectivity index (χ3n) is 2.65. The number of aromatic amines is 1. The van der Waals surface area contributed by atoms with Crippen LogP contribution in [-0.2, 0) is 6.42 Å². The van der Waals surface area contributed by atoms with Gasteiger partial charge < -0.3 is 10.3 Å². The van der Waals surface area contributed by atoms with E-state index in [2.05, 4.69) is 60.1 Å². The summed E-state index contributed by atoms with van der Waals surface area (Å²) < 4.78 is 2.32. The molecule has 6 heteroatoms. The second kappa shape index (κ2) is 6.84. The van der Waals surface area contributed by atoms with Crippen LogP contribution in [0.25, 0.3) is 0 Å². The number of imidazole rings is 1. The number of rotatable bonds is 6. The van der Waals surface area contributed by atoms with Gasteiger partial charge in [-0.1, -0.05) is 6.92 Å². The van der Waals surface area contributed by atoms with E-state index >= 15 is 0 Å². The molecule has 1 atom stereocenters. The lowest BCUT2D eigenvalue weighted by atomic mass is 10.1. The average Bonchev–Trinajstić information content (AvgIpc) is 2.94. The Morgan fingerprint density at radius 2 is 2.33 bits per heavy atom. The maximum Gasteiger partial charge on any atom is 0.107 e. The molecule has 0 spiro atoms. The van der Waals surface area contributed by atoms with E-state index in [1.165, 1.54) is 9.35 Å². The normalized spacial score (nSPS) is 12.8. The van der Waals surface area contributed by atoms with Crippen molar-refractivity contribution in [2.24, 2.45) is 0 Å². The SMILES string of the molecule is CCCNC(Cc1ncc[nH]1)c1cc(Br)sc1Br. The smallest absolute Gasteiger partial charge is 0.107 e. The van der Waals surface area contributed by atoms with Gasteiger partial charge >= 0.3 is 0 Å². The first-order valence-electron chi connectivity index (χ1n) is 5.87. The minimum Gasteiger partial charge on any atom is -0.349 e. The van der Waals surface area contributed by atoms with Crippen LogP contribution in [0.1, 0.15) is 30.8 Å². The van der Waals surface area contributed by atoms with Gasteiger partial charge in [-0.25, -0.2) is 4.98 Å². The summed E-state index contributed by atoms with van der Waals surface area (Å²) in [5.74, 6) is 1.01. The van der Waals surface area contributed by atoms with Crippen molar-refractivity contribution in [2.45, 2.75) is 25.8 Å². The summed E-state index contributed by atoms with van der Waals surface area (Å²) in [5.41, 5.74) is 1.29. The molecule has 0 aromatic carbocycles. The van der Waals surface area contributed by atoms with Gasteiger partial charge in [0, 0.05) is 24.9 Å². The molecule has 0 aliphatic heterocycles. The molecule has 1 unspecified atom stereocenters. The predicted molar refractivity (Wildman–Crippen MR) is 83.0 cm³/mol. The molecule has 0 radical (unpaired) electrons. The van der Waals surface area contributed by atoms with Gasteiger partial charge in [0.25, 0.3) is 0 Å². The lowest BCUT2D eigenvalue weighted by Crippen LogP contribution is -2.24. The lowest BCUT2D eigenvalue weighted by molar-refractivity contribution is 0.520. The Balaban J connectivity index is 2.16. The fourth-order valence-corrected chi connectivity index (χ4v) is 4.78. The highest BCUT2D eigenvalue weighted by molar-refractivity contribution is 9.12. The van der Waals surface area contributed by atoms with Crippen molar-refractivity contribution in [1.82, 2.24) is 15.3 Å². The number of hydrogen-bond acceptors (Lipinski definition) is 3. The molecule has 0 aliphatic carbocycles. The molecule has 0 bridgehead atoms. The first-order valence-corrected chi connectivity index (χ1v) is 8.27. The molecular formula is C12H15Br2N3S. The molecule has 2 aromatic heterocycles. The van der Waals surface area contributed by atoms with Crippen LogP contribution in [0.2, 0.25) is 0 Å². The molecule has 0 amide bonds. The fraction of sp³-hybridized carbons (Fsp3) is 0.417. The van der Waals surface area contributed by atoms with Crippen LogP contribution in [0.15, 0.2) is 26.0 Å². The Hall–Kier alpha value is -0.170. The predicted octanol–water partition coefficient (Wildman–Crippen LogP) is 4.28. The van der Waals surface area contributed by atoms with Crippen molar-refractivity contribution >= 4 is 43.2 Å². The van der Waals surface area contributed by atoms with E-state index in [0.29, 0.717) is 0 Å². The molecule has 2 N–H and O–H groups in total. The van der Waals surface area contributed by atoms with Crippen molar-refractivity contribution in [3.63, 3.8) is 0 Å². The van der Waals surface area contributed by atoms with E-state index in [0.717, 1.165) is 29.0 Å². The van der Waals surface area contributed by atoms with Crippen LogP contribution in [0, 0.1) is 0 Å². The molecule has 98 valence electrons. The van der Waals surface area contributed by atoms with Gasteiger partial charge in [0.15, 0.2) is 0 Å². The van der Waals surface area contributed by atoms with E-state index in [1.807, 2.05) is 6.20 Å². The third-order valence-corrected chi connectivity index (χ3v) is 5.04. The minimum absolute atomic E-state index is 0.285. The van der Waals surface area contributed by atoms with Gasteiger partial charge in [-0.3, -0.25) is 0 Å². The maximum absolute atomic E-state index is 4.31. The number of hydrogen-bond donors (Lipinski definition) is 2. The summed E-state index contributed by atoms with van der Waals surface area (Å²) in [6, 6.07) is 2.46. The highest BCUT2D eigenvalue weighted by atomic mass is 79.9. The van der Waals surface area contributed by atoms with Crippen molar-refractivity contribution < 1.29 is 0 Å². The molecule has 0 aliphatic rings. The molecule has 2 heterocycles. The summed E-state index contributed by atoms with van der Waals surface area (Å²) in [7, 11) is 0. The zero-order chi connectivity index (χ0) is 13.0. The van der Waals surface area contributed by atoms with E-state index in [9.17, 15) is 0 Å². The Bertz CT molecular complexity index is 481. The first-order chi connectivity index (χ1) is 8.70. The molecule has 0 fully saturated rings. The van der Waals surface area contributed by atoms with Gasteiger partial charge in [0.2, 0.25) is 0 Å². The minimum atomic E-state index is 0.285. The number of halogens is 2. The summed E-state index contributed by atoms with van der Waals surface area (Å²) >= 11 is 8.87. The Morgan fingerprint density at radius 3 is 2.89 bits per heavy atom. The van der Waals surface area contributed by atoms with Crippen molar-refractivity contribution in [1.29, 1.82) is 0 Å². The molecule has 0 saturated carbocycles. The van der Waals surface area contributed by atoms with E-state index in [-0.39, 0.29) is 6.04 Å². The second-order valence-electron chi connectivity index (χ2n) is 4.03. The monoisotopic (exact) mass is 391 g/mol. The highest BCUT2D eigenvalue weighted by Gasteiger charge is 2.18. The number of thiophene rings is 1. The van der Waals surface area contributed by atoms with Crippen LogP contribution in [0.4, 0.5) is 0 Å². The van der Waals surface area contributed by atoms with Crippen LogP contribution in [-0.4, -0.2) is 16.5 Å². The van der Waals surface area contributed by atoms with Gasteiger partial charge in [-0.05, 0) is 56.5 Å². The van der Waals surface area contributed by atoms with Crippen LogP contribution < -0.4 is 5.32 Å². The zero-order valence-corrected chi connectivity index (χ0v) is 14.0. The van der Waals surface area contributed by atoms with Crippen molar-refractivity contribution in [3.05, 3.63) is 37.4 Å². The quantitative estimate of drug-likeness (QED) is 0.770. The van der Waals surface area contributed by atoms with Crippen molar-refractivity contribution in [3.8, 4) is 0 Å². The van der Waals surface area contributed by atoms with Crippen LogP contribution >= 0.6 is 43.2 Å². The van der Waals surface area contributed by atoms with Crippen LogP contribution in [0.5, 0.6) is 0 Å². The highest BCUT2D eigenvalue weighted by Crippen LogP contribution is 2.36. The maximum atomic E-state index is 4.31. The van der Waals surface area contributed by atoms with E-state index in [4.69, 9.17) is 0 Å². The molecule has 0 saturated heterocycles. The third kappa shape index (κ3) is 3.66. The van der Waals surface area contributed by atoms with Gasteiger partial charge in [-0.2, -0.15) is 0 Å². The summed E-state index contributed by atoms with van der Waals surface area (Å²) in [5, 5.41) is 3.57. The van der Waals surface area contributed by atoms with Gasteiger partial charge in [0.1, 0.15) is 5.82 Å². The first kappa shape index (κ1) is 14.2. The van der Waals surface area contributed by atoms with Crippen molar-refractivity contribution in [2.75, 3.05) is 6.54 Å². The fourth-order valence-electron chi connectivity index (χ4n) is 1.80. The number of aromatic nitrogens is 2. The number of nitrogens with one attached hydrogen (secondary N) is 2. The Kier molecular flexibility index (Phi) is 5.41. The van der Waals surface area contributed by atoms with Crippen LogP contribution in [0.3, 0.4) is 0 Å². The number of H-pyrrole nitrogens is 1. The second-order valence-corrected chi connectivity index (χ2v) is 7.78. The van der Waals surface area contributed by atoms with E-state index < -0.39 is 0 Å². The van der Waals surface area contributed by atoms with Gasteiger partial charge in [0.05, 0.1) is 7.57 Å². The molecule has 18 heavy (non-hydrogen) atoms. The Morgan fingerprint density at radius 1 is 1.50 bits per heavy atom. The topological polar surface area (TPSA) is 40.7 Å². The lowest BCUT2D eigenvalue weighted by Gasteiger charge is -2.17. The number of nitrogens with zero attached hydrogens (tertiary/aromatic N) is 1. The standard InChI is InChI=1S/C12H15Br2N3S/c1-2-3-15-9(7-11-16-4-5-17-11)8-6-10(13)18-12(8)14/h4-6,9,15H,2-3,7H2,1H3,(H,16,17). The molecule has 2 aromatic rings. The Labute approximate surface area is 128 Å². The summed E-state index contributed by atoms with van der Waals surface area (Å²) in [4.78, 5) is 7.47. The average molecular weight is 393 g/mol. The van der Waals surface area contributed by atoms with Gasteiger partial charge in [-0.15, -0.1) is 11.3 Å². The summed E-state index contributed by atoms with van der Waals surface area (Å²) in [6.45, 7) is 3.18. The zero-order valence-electron chi connectivity index (χ0n) is 10.0. The van der Waals surface area contributed by atoms with E-state index in [1.54, 1.807) is 17.5 Å². The molecule has 3 nitrogen and oxygen atoms in total.